The minimum atomic E-state index is -0.619. The minimum absolute atomic E-state index is 0.157. The Morgan fingerprint density at radius 1 is 1.24 bits per heavy atom. The SMILES string of the molecule is CCCNc1nc(N2CCCC(CC)CC2)c(F)cc1F. The van der Waals surface area contributed by atoms with E-state index in [0.717, 1.165) is 44.8 Å². The van der Waals surface area contributed by atoms with Crippen molar-refractivity contribution in [1.82, 2.24) is 4.98 Å². The first-order chi connectivity index (χ1) is 10.2. The second kappa shape index (κ2) is 7.57. The smallest absolute Gasteiger partial charge is 0.168 e. The first-order valence-corrected chi connectivity index (χ1v) is 8.00. The topological polar surface area (TPSA) is 28.2 Å². The van der Waals surface area contributed by atoms with Gasteiger partial charge in [-0.2, -0.15) is 0 Å². The zero-order valence-electron chi connectivity index (χ0n) is 13.0. The molecule has 2 rings (SSSR count). The molecule has 1 aromatic heterocycles. The van der Waals surface area contributed by atoms with Crippen LogP contribution in [-0.4, -0.2) is 24.6 Å². The van der Waals surface area contributed by atoms with Gasteiger partial charge in [-0.3, -0.25) is 0 Å². The Bertz CT molecular complexity index is 465. The number of halogens is 2. The maximum atomic E-state index is 14.1. The van der Waals surface area contributed by atoms with E-state index >= 15 is 0 Å². The number of hydrogen-bond acceptors (Lipinski definition) is 3. The maximum absolute atomic E-state index is 14.1. The summed E-state index contributed by atoms with van der Waals surface area (Å²) in [5, 5.41) is 2.93. The van der Waals surface area contributed by atoms with Gasteiger partial charge < -0.3 is 10.2 Å². The molecule has 118 valence electrons. The second-order valence-corrected chi connectivity index (χ2v) is 5.74. The molecule has 1 aliphatic heterocycles. The molecule has 1 aromatic rings. The highest BCUT2D eigenvalue weighted by atomic mass is 19.1. The molecule has 0 radical (unpaired) electrons. The van der Waals surface area contributed by atoms with Gasteiger partial charge in [-0.15, -0.1) is 0 Å². The lowest BCUT2D eigenvalue weighted by molar-refractivity contribution is 0.459. The molecule has 0 aromatic carbocycles. The lowest BCUT2D eigenvalue weighted by Crippen LogP contribution is -2.27. The summed E-state index contributed by atoms with van der Waals surface area (Å²) < 4.78 is 27.8. The minimum Gasteiger partial charge on any atom is -0.368 e. The average molecular weight is 297 g/mol. The first kappa shape index (κ1) is 16.0. The molecule has 3 nitrogen and oxygen atoms in total. The maximum Gasteiger partial charge on any atom is 0.168 e. The van der Waals surface area contributed by atoms with Crippen molar-refractivity contribution < 1.29 is 8.78 Å². The number of hydrogen-bond donors (Lipinski definition) is 1. The molecule has 1 atom stereocenters. The lowest BCUT2D eigenvalue weighted by Gasteiger charge is -2.23. The van der Waals surface area contributed by atoms with E-state index in [4.69, 9.17) is 0 Å². The molecular formula is C16H25F2N3. The van der Waals surface area contributed by atoms with Crippen LogP contribution in [0.25, 0.3) is 0 Å². The fraction of sp³-hybridized carbons (Fsp3) is 0.688. The third-order valence-corrected chi connectivity index (χ3v) is 4.18. The summed E-state index contributed by atoms with van der Waals surface area (Å²) >= 11 is 0. The van der Waals surface area contributed by atoms with Gasteiger partial charge in [0.1, 0.15) is 0 Å². The van der Waals surface area contributed by atoms with Crippen molar-refractivity contribution in [2.45, 2.75) is 46.0 Å². The highest BCUT2D eigenvalue weighted by Crippen LogP contribution is 2.27. The van der Waals surface area contributed by atoms with Crippen molar-refractivity contribution in [3.05, 3.63) is 17.7 Å². The molecule has 1 saturated heterocycles. The van der Waals surface area contributed by atoms with Crippen molar-refractivity contribution in [3.63, 3.8) is 0 Å². The summed E-state index contributed by atoms with van der Waals surface area (Å²) in [4.78, 5) is 6.15. The number of nitrogens with zero attached hydrogens (tertiary/aromatic N) is 2. The zero-order chi connectivity index (χ0) is 15.2. The molecule has 0 aliphatic carbocycles. The molecule has 5 heteroatoms. The number of anilines is 2. The summed E-state index contributed by atoms with van der Waals surface area (Å²) in [6, 6.07) is 0.947. The average Bonchev–Trinajstić information content (AvgIpc) is 2.72. The van der Waals surface area contributed by atoms with E-state index < -0.39 is 11.6 Å². The van der Waals surface area contributed by atoms with E-state index in [2.05, 4.69) is 17.2 Å². The van der Waals surface area contributed by atoms with Gasteiger partial charge in [-0.25, -0.2) is 13.8 Å². The Morgan fingerprint density at radius 3 is 2.76 bits per heavy atom. The molecule has 21 heavy (non-hydrogen) atoms. The van der Waals surface area contributed by atoms with Crippen LogP contribution in [0.4, 0.5) is 20.4 Å². The van der Waals surface area contributed by atoms with E-state index in [1.54, 1.807) is 0 Å². The summed E-state index contributed by atoms with van der Waals surface area (Å²) in [5.74, 6) is -0.0389. The van der Waals surface area contributed by atoms with Crippen LogP contribution in [0.1, 0.15) is 46.0 Å². The van der Waals surface area contributed by atoms with Crippen molar-refractivity contribution >= 4 is 11.6 Å². The van der Waals surface area contributed by atoms with Crippen LogP contribution in [0.5, 0.6) is 0 Å². The van der Waals surface area contributed by atoms with E-state index in [1.165, 1.54) is 6.42 Å². The van der Waals surface area contributed by atoms with Crippen molar-refractivity contribution in [2.75, 3.05) is 29.9 Å². The fourth-order valence-electron chi connectivity index (χ4n) is 2.83. The Labute approximate surface area is 125 Å². The standard InChI is InChI=1S/C16H25F2N3/c1-3-8-19-15-13(17)11-14(18)16(20-15)21-9-5-6-12(4-2)7-10-21/h11-12H,3-10H2,1-2H3,(H,19,20). The fourth-order valence-corrected chi connectivity index (χ4v) is 2.83. The van der Waals surface area contributed by atoms with Gasteiger partial charge >= 0.3 is 0 Å². The van der Waals surface area contributed by atoms with Crippen LogP contribution in [-0.2, 0) is 0 Å². The Morgan fingerprint density at radius 2 is 2.05 bits per heavy atom. The summed E-state index contributed by atoms with van der Waals surface area (Å²) in [6.07, 6.45) is 5.30. The van der Waals surface area contributed by atoms with Gasteiger partial charge in [0.2, 0.25) is 0 Å². The van der Waals surface area contributed by atoms with E-state index in [-0.39, 0.29) is 11.6 Å². The number of pyridine rings is 1. The number of rotatable bonds is 5. The Balaban J connectivity index is 2.17. The van der Waals surface area contributed by atoms with Gasteiger partial charge in [0.25, 0.3) is 0 Å². The van der Waals surface area contributed by atoms with Gasteiger partial charge in [0.15, 0.2) is 23.3 Å². The molecule has 2 heterocycles. The summed E-state index contributed by atoms with van der Waals surface area (Å²) in [5.41, 5.74) is 0. The van der Waals surface area contributed by atoms with Crippen molar-refractivity contribution in [1.29, 1.82) is 0 Å². The van der Waals surface area contributed by atoms with Gasteiger partial charge in [0.05, 0.1) is 0 Å². The van der Waals surface area contributed by atoms with Gasteiger partial charge in [-0.05, 0) is 31.6 Å². The molecule has 0 bridgehead atoms. The van der Waals surface area contributed by atoms with Crippen molar-refractivity contribution in [2.24, 2.45) is 5.92 Å². The quantitative estimate of drug-likeness (QED) is 0.883. The molecule has 1 fully saturated rings. The van der Waals surface area contributed by atoms with Gasteiger partial charge in [0, 0.05) is 25.7 Å². The molecule has 0 amide bonds. The molecule has 0 saturated carbocycles. The lowest BCUT2D eigenvalue weighted by atomic mass is 9.98. The molecule has 1 unspecified atom stereocenters. The molecule has 1 aliphatic rings. The highest BCUT2D eigenvalue weighted by Gasteiger charge is 2.21. The number of nitrogens with one attached hydrogen (secondary N) is 1. The summed E-state index contributed by atoms with van der Waals surface area (Å²) in [7, 11) is 0. The largest absolute Gasteiger partial charge is 0.368 e. The molecular weight excluding hydrogens is 272 g/mol. The Hall–Kier alpha value is -1.39. The van der Waals surface area contributed by atoms with E-state index in [0.29, 0.717) is 12.5 Å². The van der Waals surface area contributed by atoms with Crippen molar-refractivity contribution in [3.8, 4) is 0 Å². The third kappa shape index (κ3) is 4.05. The van der Waals surface area contributed by atoms with Gasteiger partial charge in [-0.1, -0.05) is 20.3 Å². The van der Waals surface area contributed by atoms with E-state index in [1.807, 2.05) is 11.8 Å². The molecule has 0 spiro atoms. The monoisotopic (exact) mass is 297 g/mol. The highest BCUT2D eigenvalue weighted by molar-refractivity contribution is 5.49. The zero-order valence-corrected chi connectivity index (χ0v) is 13.0. The van der Waals surface area contributed by atoms with Crippen LogP contribution in [0, 0.1) is 17.6 Å². The number of aromatic nitrogens is 1. The first-order valence-electron chi connectivity index (χ1n) is 8.00. The van der Waals surface area contributed by atoms with Crippen LogP contribution < -0.4 is 10.2 Å². The van der Waals surface area contributed by atoms with Crippen LogP contribution in [0.2, 0.25) is 0 Å². The Kier molecular flexibility index (Phi) is 5.76. The predicted octanol–water partition coefficient (Wildman–Crippen LogP) is 4.20. The van der Waals surface area contributed by atoms with Crippen LogP contribution >= 0.6 is 0 Å². The van der Waals surface area contributed by atoms with Crippen LogP contribution in [0.15, 0.2) is 6.07 Å². The predicted molar refractivity (Wildman–Crippen MR) is 82.8 cm³/mol. The second-order valence-electron chi connectivity index (χ2n) is 5.74. The molecule has 1 N–H and O–H groups in total. The normalized spacial score (nSPS) is 19.4. The third-order valence-electron chi connectivity index (χ3n) is 4.18. The van der Waals surface area contributed by atoms with E-state index in [9.17, 15) is 8.78 Å². The van der Waals surface area contributed by atoms with Crippen LogP contribution in [0.3, 0.4) is 0 Å². The summed E-state index contributed by atoms with van der Waals surface area (Å²) in [6.45, 7) is 6.41.